The van der Waals surface area contributed by atoms with Gasteiger partial charge in [-0.3, -0.25) is 9.59 Å². The average molecular weight is 361 g/mol. The van der Waals surface area contributed by atoms with Gasteiger partial charge in [0.05, 0.1) is 13.5 Å². The molecule has 1 aromatic heterocycles. The van der Waals surface area contributed by atoms with Crippen LogP contribution in [0.2, 0.25) is 0 Å². The van der Waals surface area contributed by atoms with Gasteiger partial charge in [0.25, 0.3) is 0 Å². The van der Waals surface area contributed by atoms with Crippen molar-refractivity contribution in [2.45, 2.75) is 26.7 Å². The van der Waals surface area contributed by atoms with Gasteiger partial charge in [0.15, 0.2) is 0 Å². The predicted octanol–water partition coefficient (Wildman–Crippen LogP) is 3.62. The summed E-state index contributed by atoms with van der Waals surface area (Å²) in [5.41, 5.74) is 3.91. The van der Waals surface area contributed by atoms with Crippen molar-refractivity contribution in [3.8, 4) is 11.1 Å². The third-order valence-electron chi connectivity index (χ3n) is 3.68. The van der Waals surface area contributed by atoms with E-state index in [9.17, 15) is 14.4 Å². The Hall–Kier alpha value is -2.67. The second-order valence-corrected chi connectivity index (χ2v) is 6.49. The van der Waals surface area contributed by atoms with Gasteiger partial charge in [0.1, 0.15) is 10.6 Å². The number of carbonyl (C=O) groups is 3. The van der Waals surface area contributed by atoms with Crippen LogP contribution in [-0.4, -0.2) is 30.1 Å². The van der Waals surface area contributed by atoms with E-state index < -0.39 is 17.8 Å². The van der Waals surface area contributed by atoms with E-state index in [1.165, 1.54) is 18.4 Å². The standard InChI is InChI=1S/C18H19NO5S/c1-10-4-5-11(2)12(8-10)13-9-25-17(16(13)18(23)24-3)19-14(20)6-7-15(21)22/h4-5,8-9H,6-7H2,1-3H3,(H,19,20)(H,21,22). The molecule has 0 saturated carbocycles. The first-order chi connectivity index (χ1) is 11.8. The van der Waals surface area contributed by atoms with Gasteiger partial charge in [0.2, 0.25) is 5.91 Å². The smallest absolute Gasteiger partial charge is 0.341 e. The monoisotopic (exact) mass is 361 g/mol. The van der Waals surface area contributed by atoms with Gasteiger partial charge in [0, 0.05) is 17.4 Å². The minimum atomic E-state index is -1.05. The highest BCUT2D eigenvalue weighted by Gasteiger charge is 2.23. The fourth-order valence-corrected chi connectivity index (χ4v) is 3.35. The second-order valence-electron chi connectivity index (χ2n) is 5.61. The number of hydrogen-bond acceptors (Lipinski definition) is 5. The molecule has 2 N–H and O–H groups in total. The van der Waals surface area contributed by atoms with E-state index in [-0.39, 0.29) is 18.4 Å². The van der Waals surface area contributed by atoms with E-state index in [1.807, 2.05) is 32.0 Å². The second kappa shape index (κ2) is 7.94. The summed E-state index contributed by atoms with van der Waals surface area (Å²) < 4.78 is 4.87. The topological polar surface area (TPSA) is 92.7 Å². The fourth-order valence-electron chi connectivity index (χ4n) is 2.39. The molecule has 0 radical (unpaired) electrons. The number of carbonyl (C=O) groups excluding carboxylic acids is 2. The molecule has 1 aromatic carbocycles. The highest BCUT2D eigenvalue weighted by molar-refractivity contribution is 7.15. The molecule has 7 heteroatoms. The van der Waals surface area contributed by atoms with Crippen molar-refractivity contribution in [2.75, 3.05) is 12.4 Å². The number of thiophene rings is 1. The molecule has 0 aliphatic carbocycles. The van der Waals surface area contributed by atoms with E-state index >= 15 is 0 Å². The number of benzene rings is 1. The summed E-state index contributed by atoms with van der Waals surface area (Å²) >= 11 is 1.21. The highest BCUT2D eigenvalue weighted by atomic mass is 32.1. The summed E-state index contributed by atoms with van der Waals surface area (Å²) in [5, 5.41) is 13.4. The third-order valence-corrected chi connectivity index (χ3v) is 4.58. The van der Waals surface area contributed by atoms with Crippen LogP contribution in [0, 0.1) is 13.8 Å². The maximum absolute atomic E-state index is 12.3. The first-order valence-electron chi connectivity index (χ1n) is 7.62. The fraction of sp³-hybridized carbons (Fsp3) is 0.278. The normalized spacial score (nSPS) is 10.4. The van der Waals surface area contributed by atoms with Gasteiger partial charge in [-0.05, 0) is 25.0 Å². The van der Waals surface area contributed by atoms with Crippen molar-refractivity contribution in [1.82, 2.24) is 0 Å². The molecule has 0 saturated heterocycles. The van der Waals surface area contributed by atoms with Crippen molar-refractivity contribution >= 4 is 34.2 Å². The molecular weight excluding hydrogens is 342 g/mol. The number of ether oxygens (including phenoxy) is 1. The van der Waals surface area contributed by atoms with Crippen LogP contribution in [0.4, 0.5) is 5.00 Å². The van der Waals surface area contributed by atoms with E-state index in [2.05, 4.69) is 5.32 Å². The van der Waals surface area contributed by atoms with Gasteiger partial charge in [-0.1, -0.05) is 23.8 Å². The number of carboxylic acids is 1. The molecule has 2 aromatic rings. The Morgan fingerprint density at radius 3 is 2.52 bits per heavy atom. The predicted molar refractivity (Wildman–Crippen MR) is 96.1 cm³/mol. The first-order valence-corrected chi connectivity index (χ1v) is 8.50. The lowest BCUT2D eigenvalue weighted by atomic mass is 9.97. The highest BCUT2D eigenvalue weighted by Crippen LogP contribution is 2.38. The Kier molecular flexibility index (Phi) is 5.93. The SMILES string of the molecule is COC(=O)c1c(-c2cc(C)ccc2C)csc1NC(=O)CCC(=O)O. The van der Waals surface area contributed by atoms with Gasteiger partial charge in [-0.2, -0.15) is 0 Å². The summed E-state index contributed by atoms with van der Waals surface area (Å²) in [5.74, 6) is -2.06. The zero-order valence-corrected chi connectivity index (χ0v) is 15.0. The quantitative estimate of drug-likeness (QED) is 0.767. The maximum Gasteiger partial charge on any atom is 0.341 e. The lowest BCUT2D eigenvalue weighted by Crippen LogP contribution is -2.15. The number of aliphatic carboxylic acids is 1. The van der Waals surface area contributed by atoms with Gasteiger partial charge < -0.3 is 15.2 Å². The number of rotatable bonds is 6. The lowest BCUT2D eigenvalue weighted by molar-refractivity contribution is -0.138. The molecule has 0 unspecified atom stereocenters. The number of hydrogen-bond donors (Lipinski definition) is 2. The molecule has 1 amide bonds. The third kappa shape index (κ3) is 4.45. The number of nitrogens with one attached hydrogen (secondary N) is 1. The molecule has 0 bridgehead atoms. The van der Waals surface area contributed by atoms with Gasteiger partial charge in [-0.15, -0.1) is 11.3 Å². The molecule has 1 heterocycles. The van der Waals surface area contributed by atoms with Crippen LogP contribution < -0.4 is 5.32 Å². The van der Waals surface area contributed by atoms with E-state index in [4.69, 9.17) is 9.84 Å². The van der Waals surface area contributed by atoms with Crippen molar-refractivity contribution in [1.29, 1.82) is 0 Å². The summed E-state index contributed by atoms with van der Waals surface area (Å²) in [6.45, 7) is 3.90. The molecular formula is C18H19NO5S. The van der Waals surface area contributed by atoms with Crippen LogP contribution >= 0.6 is 11.3 Å². The molecule has 0 aliphatic rings. The summed E-state index contributed by atoms with van der Waals surface area (Å²) in [6, 6.07) is 5.92. The summed E-state index contributed by atoms with van der Waals surface area (Å²) in [7, 11) is 1.28. The van der Waals surface area contributed by atoms with Crippen LogP contribution in [0.3, 0.4) is 0 Å². The van der Waals surface area contributed by atoms with Crippen molar-refractivity contribution in [3.63, 3.8) is 0 Å². The number of esters is 1. The first kappa shape index (κ1) is 18.7. The van der Waals surface area contributed by atoms with E-state index in [1.54, 1.807) is 5.38 Å². The Morgan fingerprint density at radius 2 is 1.88 bits per heavy atom. The number of methoxy groups -OCH3 is 1. The minimum absolute atomic E-state index is 0.160. The van der Waals surface area contributed by atoms with Gasteiger partial charge in [-0.25, -0.2) is 4.79 Å². The van der Waals surface area contributed by atoms with E-state index in [0.717, 1.165) is 16.7 Å². The molecule has 25 heavy (non-hydrogen) atoms. The Labute approximate surface area is 149 Å². The molecule has 132 valence electrons. The largest absolute Gasteiger partial charge is 0.481 e. The lowest BCUT2D eigenvalue weighted by Gasteiger charge is -2.10. The zero-order valence-electron chi connectivity index (χ0n) is 14.2. The van der Waals surface area contributed by atoms with Crippen LogP contribution in [0.25, 0.3) is 11.1 Å². The Morgan fingerprint density at radius 1 is 1.16 bits per heavy atom. The molecule has 6 nitrogen and oxygen atoms in total. The van der Waals surface area contributed by atoms with Crippen LogP contribution in [0.15, 0.2) is 23.6 Å². The number of aryl methyl sites for hydroxylation is 2. The van der Waals surface area contributed by atoms with Crippen LogP contribution in [0.5, 0.6) is 0 Å². The average Bonchev–Trinajstić information content (AvgIpc) is 2.97. The van der Waals surface area contributed by atoms with Crippen molar-refractivity contribution in [2.24, 2.45) is 0 Å². The number of carboxylic acid groups (broad SMARTS) is 1. The molecule has 0 spiro atoms. The van der Waals surface area contributed by atoms with Crippen LogP contribution in [-0.2, 0) is 14.3 Å². The molecule has 0 aliphatic heterocycles. The number of anilines is 1. The zero-order chi connectivity index (χ0) is 18.6. The Bertz CT molecular complexity index is 825. The summed E-state index contributed by atoms with van der Waals surface area (Å²) in [4.78, 5) is 34.8. The van der Waals surface area contributed by atoms with Crippen molar-refractivity contribution in [3.05, 3.63) is 40.3 Å². The molecule has 0 fully saturated rings. The van der Waals surface area contributed by atoms with Crippen molar-refractivity contribution < 1.29 is 24.2 Å². The maximum atomic E-state index is 12.3. The van der Waals surface area contributed by atoms with Gasteiger partial charge >= 0.3 is 11.9 Å². The minimum Gasteiger partial charge on any atom is -0.481 e. The molecule has 0 atom stereocenters. The number of amides is 1. The van der Waals surface area contributed by atoms with E-state index in [0.29, 0.717) is 10.6 Å². The van der Waals surface area contributed by atoms with Crippen LogP contribution in [0.1, 0.15) is 34.3 Å². The molecule has 2 rings (SSSR count). The summed E-state index contributed by atoms with van der Waals surface area (Å²) in [6.07, 6.45) is -0.429. The Balaban J connectivity index is 2.41.